The second-order valence-electron chi connectivity index (χ2n) is 5.58. The predicted octanol–water partition coefficient (Wildman–Crippen LogP) is 2.22. The molecule has 19 heavy (non-hydrogen) atoms. The Labute approximate surface area is 118 Å². The maximum Gasteiger partial charge on any atom is 0.116 e. The molecule has 1 aliphatic rings. The third-order valence-corrected chi connectivity index (χ3v) is 4.91. The molecule has 0 spiro atoms. The highest BCUT2D eigenvalue weighted by molar-refractivity contribution is 7.18. The normalized spacial score (nSPS) is 26.1. The van der Waals surface area contributed by atoms with Gasteiger partial charge >= 0.3 is 0 Å². The second kappa shape index (κ2) is 5.15. The van der Waals surface area contributed by atoms with Crippen LogP contribution in [0.15, 0.2) is 18.6 Å². The van der Waals surface area contributed by atoms with Crippen molar-refractivity contribution in [2.75, 3.05) is 20.1 Å². The quantitative estimate of drug-likeness (QED) is 0.842. The summed E-state index contributed by atoms with van der Waals surface area (Å²) in [7, 11) is 2.21. The average Bonchev–Trinajstić information content (AvgIpc) is 2.76. The molecule has 2 aromatic rings. The van der Waals surface area contributed by atoms with Crippen LogP contribution in [-0.4, -0.2) is 52.0 Å². The fourth-order valence-corrected chi connectivity index (χ4v) is 4.02. The van der Waals surface area contributed by atoms with E-state index in [0.29, 0.717) is 12.1 Å². The van der Waals surface area contributed by atoms with Gasteiger partial charge in [0.2, 0.25) is 0 Å². The molecule has 3 heterocycles. The summed E-state index contributed by atoms with van der Waals surface area (Å²) in [5, 5.41) is 0. The monoisotopic (exact) mass is 276 g/mol. The summed E-state index contributed by atoms with van der Waals surface area (Å²) in [6.45, 7) is 7.96. The Morgan fingerprint density at radius 3 is 2.74 bits per heavy atom. The molecule has 3 rings (SSSR count). The summed E-state index contributed by atoms with van der Waals surface area (Å²) in [6.07, 6.45) is 3.53. The van der Waals surface area contributed by atoms with E-state index in [-0.39, 0.29) is 0 Å². The SMILES string of the molecule is C[C@@H]1CN(C)C[C@H](C)N1Cc1cc2ncncc2s1. The first kappa shape index (κ1) is 13.0. The summed E-state index contributed by atoms with van der Waals surface area (Å²) in [5.74, 6) is 0. The molecule has 0 aliphatic carbocycles. The molecule has 0 bridgehead atoms. The van der Waals surface area contributed by atoms with Crippen molar-refractivity contribution in [2.45, 2.75) is 32.5 Å². The molecule has 1 fully saturated rings. The van der Waals surface area contributed by atoms with Gasteiger partial charge in [-0.2, -0.15) is 0 Å². The van der Waals surface area contributed by atoms with E-state index >= 15 is 0 Å². The highest BCUT2D eigenvalue weighted by atomic mass is 32.1. The first-order chi connectivity index (χ1) is 9.13. The zero-order valence-electron chi connectivity index (χ0n) is 11.7. The van der Waals surface area contributed by atoms with Crippen LogP contribution in [0.3, 0.4) is 0 Å². The molecule has 4 nitrogen and oxygen atoms in total. The minimum absolute atomic E-state index is 0.602. The van der Waals surface area contributed by atoms with E-state index in [2.05, 4.69) is 46.7 Å². The standard InChI is InChI=1S/C14H20N4S/c1-10-6-17(3)7-11(2)18(10)8-12-4-13-14(19-12)5-15-9-16-13/h4-5,9-11H,6-8H2,1-3H3/t10-,11+. The highest BCUT2D eigenvalue weighted by Crippen LogP contribution is 2.26. The van der Waals surface area contributed by atoms with E-state index < -0.39 is 0 Å². The number of likely N-dealkylation sites (N-methyl/N-ethyl adjacent to an activating group) is 1. The van der Waals surface area contributed by atoms with Gasteiger partial charge in [0.15, 0.2) is 0 Å². The molecule has 0 amide bonds. The number of piperazine rings is 1. The van der Waals surface area contributed by atoms with Gasteiger partial charge in [-0.05, 0) is 27.0 Å². The number of hydrogen-bond donors (Lipinski definition) is 0. The molecular formula is C14H20N4S. The number of hydrogen-bond acceptors (Lipinski definition) is 5. The van der Waals surface area contributed by atoms with Crippen molar-refractivity contribution >= 4 is 21.6 Å². The van der Waals surface area contributed by atoms with Crippen LogP contribution in [0.1, 0.15) is 18.7 Å². The van der Waals surface area contributed by atoms with Crippen molar-refractivity contribution in [1.29, 1.82) is 0 Å². The third kappa shape index (κ3) is 2.63. The van der Waals surface area contributed by atoms with Gasteiger partial charge in [-0.1, -0.05) is 0 Å². The van der Waals surface area contributed by atoms with Crippen LogP contribution in [-0.2, 0) is 6.54 Å². The fraction of sp³-hybridized carbons (Fsp3) is 0.571. The first-order valence-electron chi connectivity index (χ1n) is 6.76. The van der Waals surface area contributed by atoms with Crippen molar-refractivity contribution in [3.05, 3.63) is 23.5 Å². The molecule has 5 heteroatoms. The fourth-order valence-electron chi connectivity index (χ4n) is 3.03. The summed E-state index contributed by atoms with van der Waals surface area (Å²) in [4.78, 5) is 14.8. The highest BCUT2D eigenvalue weighted by Gasteiger charge is 2.27. The van der Waals surface area contributed by atoms with Crippen LogP contribution in [0.2, 0.25) is 0 Å². The van der Waals surface area contributed by atoms with Gasteiger partial charge < -0.3 is 4.90 Å². The van der Waals surface area contributed by atoms with Gasteiger partial charge in [-0.15, -0.1) is 11.3 Å². The van der Waals surface area contributed by atoms with Crippen LogP contribution in [0.25, 0.3) is 10.2 Å². The third-order valence-electron chi connectivity index (χ3n) is 3.87. The van der Waals surface area contributed by atoms with E-state index in [9.17, 15) is 0 Å². The molecule has 1 saturated heterocycles. The first-order valence-corrected chi connectivity index (χ1v) is 7.58. The lowest BCUT2D eigenvalue weighted by atomic mass is 10.1. The van der Waals surface area contributed by atoms with Crippen LogP contribution in [0, 0.1) is 0 Å². The molecule has 0 saturated carbocycles. The van der Waals surface area contributed by atoms with Crippen molar-refractivity contribution in [1.82, 2.24) is 19.8 Å². The molecule has 0 N–H and O–H groups in total. The molecule has 2 atom stereocenters. The number of thiophene rings is 1. The van der Waals surface area contributed by atoms with Gasteiger partial charge in [0.25, 0.3) is 0 Å². The Morgan fingerprint density at radius 2 is 2.05 bits per heavy atom. The molecule has 102 valence electrons. The van der Waals surface area contributed by atoms with E-state index in [0.717, 1.165) is 25.2 Å². The zero-order valence-corrected chi connectivity index (χ0v) is 12.5. The van der Waals surface area contributed by atoms with Gasteiger partial charge in [0, 0.05) is 42.8 Å². The Balaban J connectivity index is 1.80. The lowest BCUT2D eigenvalue weighted by Crippen LogP contribution is -2.54. The lowest BCUT2D eigenvalue weighted by Gasteiger charge is -2.43. The molecule has 2 aromatic heterocycles. The van der Waals surface area contributed by atoms with Crippen LogP contribution in [0.5, 0.6) is 0 Å². The number of fused-ring (bicyclic) bond motifs is 1. The van der Waals surface area contributed by atoms with Gasteiger partial charge in [-0.3, -0.25) is 4.90 Å². The summed E-state index contributed by atoms with van der Waals surface area (Å²) in [5.41, 5.74) is 1.07. The Morgan fingerprint density at radius 1 is 1.32 bits per heavy atom. The van der Waals surface area contributed by atoms with E-state index in [1.165, 1.54) is 9.58 Å². The van der Waals surface area contributed by atoms with Crippen molar-refractivity contribution in [3.63, 3.8) is 0 Å². The summed E-state index contributed by atoms with van der Waals surface area (Å²) < 4.78 is 1.19. The average molecular weight is 276 g/mol. The maximum atomic E-state index is 4.32. The number of rotatable bonds is 2. The minimum atomic E-state index is 0.602. The predicted molar refractivity (Wildman–Crippen MR) is 79.4 cm³/mol. The molecule has 0 unspecified atom stereocenters. The Kier molecular flexibility index (Phi) is 3.52. The number of nitrogens with zero attached hydrogens (tertiary/aromatic N) is 4. The van der Waals surface area contributed by atoms with Crippen molar-refractivity contribution in [3.8, 4) is 0 Å². The molecule has 0 aromatic carbocycles. The Bertz CT molecular complexity index is 522. The van der Waals surface area contributed by atoms with E-state index in [1.807, 2.05) is 17.5 Å². The zero-order chi connectivity index (χ0) is 13.4. The largest absolute Gasteiger partial charge is 0.303 e. The second-order valence-corrected chi connectivity index (χ2v) is 6.74. The minimum Gasteiger partial charge on any atom is -0.303 e. The summed E-state index contributed by atoms with van der Waals surface area (Å²) in [6, 6.07) is 3.41. The molecule has 0 radical (unpaired) electrons. The lowest BCUT2D eigenvalue weighted by molar-refractivity contribution is 0.0467. The summed E-state index contributed by atoms with van der Waals surface area (Å²) >= 11 is 1.82. The van der Waals surface area contributed by atoms with Crippen molar-refractivity contribution in [2.24, 2.45) is 0 Å². The van der Waals surface area contributed by atoms with Crippen LogP contribution < -0.4 is 0 Å². The van der Waals surface area contributed by atoms with Gasteiger partial charge in [-0.25, -0.2) is 9.97 Å². The van der Waals surface area contributed by atoms with Gasteiger partial charge in [0.05, 0.1) is 10.2 Å². The molecule has 1 aliphatic heterocycles. The van der Waals surface area contributed by atoms with Crippen molar-refractivity contribution < 1.29 is 0 Å². The smallest absolute Gasteiger partial charge is 0.116 e. The number of aromatic nitrogens is 2. The molecular weight excluding hydrogens is 256 g/mol. The van der Waals surface area contributed by atoms with Crippen LogP contribution >= 0.6 is 11.3 Å². The van der Waals surface area contributed by atoms with Crippen LogP contribution in [0.4, 0.5) is 0 Å². The topological polar surface area (TPSA) is 32.3 Å². The maximum absolute atomic E-state index is 4.32. The Hall–Kier alpha value is -1.04. The van der Waals surface area contributed by atoms with E-state index in [1.54, 1.807) is 6.33 Å². The van der Waals surface area contributed by atoms with Gasteiger partial charge in [0.1, 0.15) is 6.33 Å². The van der Waals surface area contributed by atoms with E-state index in [4.69, 9.17) is 0 Å².